The van der Waals surface area contributed by atoms with Gasteiger partial charge in [-0.2, -0.15) is 0 Å². The first-order valence-corrected chi connectivity index (χ1v) is 6.84. The summed E-state index contributed by atoms with van der Waals surface area (Å²) in [5.41, 5.74) is 4.59. The van der Waals surface area contributed by atoms with Crippen LogP contribution in [0.15, 0.2) is 12.7 Å². The van der Waals surface area contributed by atoms with E-state index in [1.165, 1.54) is 6.08 Å². The number of carbonyl (C=O) groups excluding carboxylic acids is 2. The molecule has 8 nitrogen and oxygen atoms in total. The Morgan fingerprint density at radius 2 is 1.91 bits per heavy atom. The van der Waals surface area contributed by atoms with Crippen molar-refractivity contribution in [1.29, 1.82) is 0 Å². The Morgan fingerprint density at radius 1 is 1.32 bits per heavy atom. The second-order valence-electron chi connectivity index (χ2n) is 5.54. The maximum Gasteiger partial charge on any atom is 0.420 e. The van der Waals surface area contributed by atoms with Gasteiger partial charge in [0.25, 0.3) is 0 Å². The number of nitrogens with zero attached hydrogens (tertiary/aromatic N) is 1. The third kappa shape index (κ3) is 7.63. The number of carboxylic acids is 1. The highest BCUT2D eigenvalue weighted by Crippen LogP contribution is 2.17. The van der Waals surface area contributed by atoms with Crippen LogP contribution in [0, 0.1) is 0 Å². The van der Waals surface area contributed by atoms with Crippen molar-refractivity contribution in [3.63, 3.8) is 0 Å². The zero-order valence-electron chi connectivity index (χ0n) is 13.2. The minimum atomic E-state index is -1.16. The van der Waals surface area contributed by atoms with Crippen molar-refractivity contribution >= 4 is 18.2 Å². The van der Waals surface area contributed by atoms with E-state index in [1.54, 1.807) is 20.8 Å². The Hall–Kier alpha value is -2.09. The van der Waals surface area contributed by atoms with Gasteiger partial charge in [0.15, 0.2) is 0 Å². The molecule has 0 fully saturated rings. The van der Waals surface area contributed by atoms with Gasteiger partial charge in [-0.05, 0) is 33.7 Å². The molecule has 0 saturated heterocycles. The van der Waals surface area contributed by atoms with E-state index < -0.39 is 36.2 Å². The number of carboxylic acid groups (broad SMARTS) is 1. The van der Waals surface area contributed by atoms with Gasteiger partial charge in [-0.1, -0.05) is 12.7 Å². The van der Waals surface area contributed by atoms with Gasteiger partial charge in [-0.15, -0.1) is 0 Å². The van der Waals surface area contributed by atoms with Gasteiger partial charge in [0.2, 0.25) is 0 Å². The van der Waals surface area contributed by atoms with E-state index in [-0.39, 0.29) is 19.6 Å². The fourth-order valence-electron chi connectivity index (χ4n) is 1.60. The maximum absolute atomic E-state index is 12.2. The molecule has 126 valence electrons. The van der Waals surface area contributed by atoms with Crippen LogP contribution < -0.4 is 5.73 Å². The van der Waals surface area contributed by atoms with Gasteiger partial charge >= 0.3 is 18.2 Å². The van der Waals surface area contributed by atoms with Crippen LogP contribution in [0.25, 0.3) is 0 Å². The third-order valence-electron chi connectivity index (χ3n) is 2.39. The first-order valence-electron chi connectivity index (χ1n) is 6.84. The average Bonchev–Trinajstić information content (AvgIpc) is 2.33. The maximum atomic E-state index is 12.2. The minimum Gasteiger partial charge on any atom is -0.481 e. The molecule has 2 amide bonds. The lowest BCUT2D eigenvalue weighted by molar-refractivity contribution is -0.138. The Kier molecular flexibility index (Phi) is 8.18. The quantitative estimate of drug-likeness (QED) is 0.686. The fraction of sp³-hybridized carbons (Fsp3) is 0.643. The molecule has 3 N–H and O–H groups in total. The van der Waals surface area contributed by atoms with Crippen LogP contribution in [0.1, 0.15) is 33.6 Å². The molecule has 0 aromatic rings. The molecule has 0 unspecified atom stereocenters. The van der Waals surface area contributed by atoms with Crippen molar-refractivity contribution in [3.05, 3.63) is 12.7 Å². The fourth-order valence-corrected chi connectivity index (χ4v) is 1.60. The van der Waals surface area contributed by atoms with Crippen molar-refractivity contribution in [3.8, 4) is 0 Å². The van der Waals surface area contributed by atoms with Crippen LogP contribution >= 0.6 is 0 Å². The van der Waals surface area contributed by atoms with Gasteiger partial charge in [-0.25, -0.2) is 14.5 Å². The summed E-state index contributed by atoms with van der Waals surface area (Å²) in [6.45, 7) is 8.29. The Bertz CT molecular complexity index is 416. The molecule has 0 bridgehead atoms. The molecule has 1 atom stereocenters. The molecule has 0 aromatic carbocycles. The summed E-state index contributed by atoms with van der Waals surface area (Å²) >= 11 is 0. The van der Waals surface area contributed by atoms with Crippen molar-refractivity contribution in [2.24, 2.45) is 5.73 Å². The highest BCUT2D eigenvalue weighted by atomic mass is 16.6. The molecule has 0 aliphatic carbocycles. The number of rotatable bonds is 7. The van der Waals surface area contributed by atoms with Crippen LogP contribution in [0.4, 0.5) is 9.59 Å². The number of nitrogens with two attached hydrogens (primary N) is 1. The molecule has 8 heteroatoms. The normalized spacial score (nSPS) is 12.2. The topological polar surface area (TPSA) is 119 Å². The van der Waals surface area contributed by atoms with Gasteiger partial charge in [0.05, 0.1) is 12.5 Å². The van der Waals surface area contributed by atoms with E-state index in [0.29, 0.717) is 4.90 Å². The summed E-state index contributed by atoms with van der Waals surface area (Å²) in [7, 11) is 0. The molecule has 0 rings (SSSR count). The lowest BCUT2D eigenvalue weighted by atomic mass is 10.1. The van der Waals surface area contributed by atoms with Crippen molar-refractivity contribution < 1.29 is 29.0 Å². The van der Waals surface area contributed by atoms with Crippen LogP contribution in [0.3, 0.4) is 0 Å². The van der Waals surface area contributed by atoms with E-state index in [9.17, 15) is 14.4 Å². The van der Waals surface area contributed by atoms with Gasteiger partial charge in [0.1, 0.15) is 12.2 Å². The Labute approximate surface area is 129 Å². The highest BCUT2D eigenvalue weighted by molar-refractivity contribution is 5.89. The third-order valence-corrected chi connectivity index (χ3v) is 2.39. The van der Waals surface area contributed by atoms with E-state index in [1.807, 2.05) is 0 Å². The molecule has 0 spiro atoms. The first-order chi connectivity index (χ1) is 10.1. The van der Waals surface area contributed by atoms with Crippen LogP contribution in [0.2, 0.25) is 0 Å². The first kappa shape index (κ1) is 19.9. The number of imide groups is 1. The summed E-state index contributed by atoms with van der Waals surface area (Å²) in [5.74, 6) is -1.16. The smallest absolute Gasteiger partial charge is 0.420 e. The monoisotopic (exact) mass is 316 g/mol. The zero-order chi connectivity index (χ0) is 17.3. The second kappa shape index (κ2) is 9.04. The highest BCUT2D eigenvalue weighted by Gasteiger charge is 2.35. The SMILES string of the molecule is C=CCOC(=O)N(C(=O)OC(C)(C)C)[C@@H](CCN)CC(=O)O. The Balaban J connectivity index is 5.33. The van der Waals surface area contributed by atoms with Gasteiger partial charge in [-0.3, -0.25) is 4.79 Å². The van der Waals surface area contributed by atoms with E-state index in [0.717, 1.165) is 0 Å². The summed E-state index contributed by atoms with van der Waals surface area (Å²) in [6, 6.07) is -0.949. The molecular weight excluding hydrogens is 292 g/mol. The predicted molar refractivity (Wildman–Crippen MR) is 79.3 cm³/mol. The minimum absolute atomic E-state index is 0.103. The van der Waals surface area contributed by atoms with E-state index in [4.69, 9.17) is 20.3 Å². The van der Waals surface area contributed by atoms with Crippen molar-refractivity contribution in [1.82, 2.24) is 4.90 Å². The van der Waals surface area contributed by atoms with Crippen LogP contribution in [-0.4, -0.2) is 53.0 Å². The van der Waals surface area contributed by atoms with E-state index in [2.05, 4.69) is 6.58 Å². The molecular formula is C14H24N2O6. The summed E-state index contributed by atoms with van der Waals surface area (Å²) in [5, 5.41) is 8.94. The Morgan fingerprint density at radius 3 is 2.32 bits per heavy atom. The molecule has 0 saturated carbocycles. The van der Waals surface area contributed by atoms with Gasteiger partial charge < -0.3 is 20.3 Å². The number of carbonyl (C=O) groups is 3. The summed E-state index contributed by atoms with van der Waals surface area (Å²) < 4.78 is 9.97. The average molecular weight is 316 g/mol. The summed E-state index contributed by atoms with van der Waals surface area (Å²) in [6.07, 6.45) is -0.954. The molecule has 0 aliphatic heterocycles. The molecule has 0 aliphatic rings. The van der Waals surface area contributed by atoms with Crippen LogP contribution in [-0.2, 0) is 14.3 Å². The molecule has 22 heavy (non-hydrogen) atoms. The number of amides is 2. The molecule has 0 aromatic heterocycles. The van der Waals surface area contributed by atoms with E-state index >= 15 is 0 Å². The zero-order valence-corrected chi connectivity index (χ0v) is 13.2. The molecule has 0 radical (unpaired) electrons. The summed E-state index contributed by atoms with van der Waals surface area (Å²) in [4.78, 5) is 35.9. The van der Waals surface area contributed by atoms with Crippen molar-refractivity contribution in [2.75, 3.05) is 13.2 Å². The lowest BCUT2D eigenvalue weighted by Crippen LogP contribution is -2.48. The molecule has 0 heterocycles. The largest absolute Gasteiger partial charge is 0.481 e. The number of ether oxygens (including phenoxy) is 2. The predicted octanol–water partition coefficient (Wildman–Crippen LogP) is 1.74. The number of hydrogen-bond acceptors (Lipinski definition) is 6. The lowest BCUT2D eigenvalue weighted by Gasteiger charge is -2.30. The van der Waals surface area contributed by atoms with Crippen molar-refractivity contribution in [2.45, 2.75) is 45.3 Å². The van der Waals surface area contributed by atoms with Gasteiger partial charge in [0, 0.05) is 0 Å². The number of aliphatic carboxylic acids is 1. The second-order valence-corrected chi connectivity index (χ2v) is 5.54. The number of hydrogen-bond donors (Lipinski definition) is 2. The van der Waals surface area contributed by atoms with Crippen LogP contribution in [0.5, 0.6) is 0 Å². The standard InChI is InChI=1S/C14H24N2O6/c1-5-8-21-12(19)16(13(20)22-14(2,3)4)10(6-7-15)9-11(17)18/h5,10H,1,6-9,15H2,2-4H3,(H,17,18)/t10-/m0/s1.